The van der Waals surface area contributed by atoms with Gasteiger partial charge in [-0.05, 0) is 60.8 Å². The number of hydrogen-bond acceptors (Lipinski definition) is 6. The first-order valence-corrected chi connectivity index (χ1v) is 16.4. The number of fused-ring (bicyclic) bond motifs is 2. The van der Waals surface area contributed by atoms with E-state index in [9.17, 15) is 27.5 Å². The lowest BCUT2D eigenvalue weighted by Crippen LogP contribution is -2.48. The van der Waals surface area contributed by atoms with Crippen LogP contribution in [0, 0.1) is 11.7 Å². The second-order valence-corrected chi connectivity index (χ2v) is 13.6. The van der Waals surface area contributed by atoms with Crippen LogP contribution in [0.2, 0.25) is 0 Å². The Hall–Kier alpha value is -4.52. The number of sulfonamides is 1. The normalized spacial score (nSPS) is 17.8. The van der Waals surface area contributed by atoms with E-state index in [1.54, 1.807) is 30.0 Å². The number of nitrogens with zero attached hydrogens (tertiary/aromatic N) is 2. The first-order valence-electron chi connectivity index (χ1n) is 14.9. The van der Waals surface area contributed by atoms with Crippen molar-refractivity contribution in [2.75, 3.05) is 37.4 Å². The summed E-state index contributed by atoms with van der Waals surface area (Å²) in [5.41, 5.74) is 1.56. The monoisotopic (exact) mass is 648 g/mol. The second kappa shape index (κ2) is 13.9. The van der Waals surface area contributed by atoms with Gasteiger partial charge >= 0.3 is 6.03 Å². The largest absolute Gasteiger partial charge is 0.488 e. The van der Waals surface area contributed by atoms with Crippen molar-refractivity contribution in [1.29, 1.82) is 0 Å². The number of anilines is 2. The molecule has 1 aliphatic rings. The average Bonchev–Trinajstić information content (AvgIpc) is 3.08. The number of hydrogen-bond donors (Lipinski definition) is 3. The maximum atomic E-state index is 13.6. The molecule has 5 rings (SSSR count). The van der Waals surface area contributed by atoms with Crippen LogP contribution in [0.25, 0.3) is 10.8 Å². The van der Waals surface area contributed by atoms with Gasteiger partial charge in [0.2, 0.25) is 15.9 Å². The highest BCUT2D eigenvalue weighted by atomic mass is 32.2. The molecule has 4 aromatic rings. The summed E-state index contributed by atoms with van der Waals surface area (Å²) in [7, 11) is -2.56. The molecule has 0 saturated heterocycles. The number of aliphatic hydroxyl groups excluding tert-OH is 1. The van der Waals surface area contributed by atoms with Gasteiger partial charge in [0.15, 0.2) is 0 Å². The van der Waals surface area contributed by atoms with E-state index in [2.05, 4.69) is 10.6 Å². The standard InChI is InChI=1S/C34H37FN4O6S/c1-22-19-39(23(2)21-40)33(41)18-25-17-27(36-34(42)37-30-10-6-8-24-7-4-5-9-29(24)30)13-16-31(25)45-32(22)20-38(3)46(43,44)28-14-11-26(35)12-15-28/h4-17,22-23,32,40H,18-21H2,1-3H3,(H2,36,37,42)/t22-,23-,32+/m0/s1. The van der Waals surface area contributed by atoms with E-state index >= 15 is 0 Å². The van der Waals surface area contributed by atoms with Crippen LogP contribution in [0.3, 0.4) is 0 Å². The van der Waals surface area contributed by atoms with Crippen molar-refractivity contribution in [2.24, 2.45) is 5.92 Å². The number of rotatable bonds is 8. The Labute approximate surface area is 267 Å². The maximum absolute atomic E-state index is 13.6. The van der Waals surface area contributed by atoms with Crippen LogP contribution in [0.5, 0.6) is 5.75 Å². The van der Waals surface area contributed by atoms with Gasteiger partial charge in [-0.1, -0.05) is 43.3 Å². The molecule has 0 fully saturated rings. The lowest BCUT2D eigenvalue weighted by Gasteiger charge is -2.33. The number of nitrogens with one attached hydrogen (secondary N) is 2. The third kappa shape index (κ3) is 7.30. The molecule has 3 N–H and O–H groups in total. The fourth-order valence-electron chi connectivity index (χ4n) is 5.48. The van der Waals surface area contributed by atoms with E-state index in [1.807, 2.05) is 49.4 Å². The van der Waals surface area contributed by atoms with Crippen LogP contribution >= 0.6 is 0 Å². The highest BCUT2D eigenvalue weighted by Crippen LogP contribution is 2.30. The highest BCUT2D eigenvalue weighted by Gasteiger charge is 2.33. The van der Waals surface area contributed by atoms with E-state index in [1.165, 1.54) is 19.2 Å². The van der Waals surface area contributed by atoms with Crippen LogP contribution < -0.4 is 15.4 Å². The fourth-order valence-corrected chi connectivity index (χ4v) is 6.67. The molecule has 0 spiro atoms. The van der Waals surface area contributed by atoms with Crippen LogP contribution in [-0.2, 0) is 21.2 Å². The van der Waals surface area contributed by atoms with Crippen molar-refractivity contribution >= 4 is 44.1 Å². The Morgan fingerprint density at radius 2 is 1.78 bits per heavy atom. The molecule has 1 aliphatic heterocycles. The van der Waals surface area contributed by atoms with Crippen molar-refractivity contribution in [3.8, 4) is 5.75 Å². The average molecular weight is 649 g/mol. The van der Waals surface area contributed by atoms with E-state index in [0.717, 1.165) is 27.2 Å². The lowest BCUT2D eigenvalue weighted by molar-refractivity contribution is -0.134. The van der Waals surface area contributed by atoms with Crippen molar-refractivity contribution in [1.82, 2.24) is 9.21 Å². The molecule has 46 heavy (non-hydrogen) atoms. The molecule has 10 nitrogen and oxygen atoms in total. The number of amides is 3. The molecule has 0 aliphatic carbocycles. The minimum absolute atomic E-state index is 0.0595. The van der Waals surface area contributed by atoms with Gasteiger partial charge in [0.05, 0.1) is 36.2 Å². The molecule has 0 bridgehead atoms. The molecule has 0 radical (unpaired) electrons. The fraction of sp³-hybridized carbons (Fsp3) is 0.294. The predicted molar refractivity (Wildman–Crippen MR) is 175 cm³/mol. The molecule has 0 saturated carbocycles. The van der Waals surface area contributed by atoms with Crippen molar-refractivity contribution in [2.45, 2.75) is 37.3 Å². The van der Waals surface area contributed by atoms with Gasteiger partial charge in [0, 0.05) is 36.1 Å². The Kier molecular flexibility index (Phi) is 9.90. The summed E-state index contributed by atoms with van der Waals surface area (Å²) in [5.74, 6) is -0.770. The lowest BCUT2D eigenvalue weighted by atomic mass is 10.0. The summed E-state index contributed by atoms with van der Waals surface area (Å²) in [6.45, 7) is 3.48. The number of halogens is 1. The summed E-state index contributed by atoms with van der Waals surface area (Å²) in [6, 6.07) is 21.9. The Bertz CT molecular complexity index is 1830. The molecular formula is C34H37FN4O6S. The topological polar surface area (TPSA) is 128 Å². The molecule has 3 atom stereocenters. The first kappa shape index (κ1) is 32.9. The van der Waals surface area contributed by atoms with Crippen molar-refractivity contribution < 1.29 is 32.2 Å². The van der Waals surface area contributed by atoms with Gasteiger partial charge in [0.1, 0.15) is 17.7 Å². The smallest absolute Gasteiger partial charge is 0.323 e. The summed E-state index contributed by atoms with van der Waals surface area (Å²) >= 11 is 0. The number of urea groups is 1. The van der Waals surface area contributed by atoms with Crippen LogP contribution in [0.15, 0.2) is 89.8 Å². The van der Waals surface area contributed by atoms with Crippen LogP contribution in [-0.4, -0.2) is 73.6 Å². The van der Waals surface area contributed by atoms with Gasteiger partial charge in [-0.25, -0.2) is 17.6 Å². The van der Waals surface area contributed by atoms with Gasteiger partial charge in [0.25, 0.3) is 0 Å². The van der Waals surface area contributed by atoms with E-state index in [0.29, 0.717) is 22.7 Å². The molecule has 0 aromatic heterocycles. The number of carbonyl (C=O) groups is 2. The number of aliphatic hydroxyl groups is 1. The van der Waals surface area contributed by atoms with Crippen LogP contribution in [0.1, 0.15) is 19.4 Å². The Balaban J connectivity index is 1.41. The molecule has 3 amide bonds. The molecule has 1 heterocycles. The van der Waals surface area contributed by atoms with E-state index < -0.39 is 34.0 Å². The zero-order valence-corrected chi connectivity index (χ0v) is 26.6. The van der Waals surface area contributed by atoms with Gasteiger partial charge in [-0.15, -0.1) is 0 Å². The Morgan fingerprint density at radius 1 is 1.07 bits per heavy atom. The van der Waals surface area contributed by atoms with Crippen molar-refractivity contribution in [3.05, 3.63) is 96.3 Å². The SMILES string of the molecule is C[C@H]1CN([C@@H](C)CO)C(=O)Cc2cc(NC(=O)Nc3cccc4ccccc34)ccc2O[C@@H]1CN(C)S(=O)(=O)c1ccc(F)cc1. The van der Waals surface area contributed by atoms with Gasteiger partial charge < -0.3 is 25.4 Å². The number of carbonyl (C=O) groups excluding carboxylic acids is 2. The van der Waals surface area contributed by atoms with Crippen LogP contribution in [0.4, 0.5) is 20.6 Å². The quantitative estimate of drug-likeness (QED) is 0.244. The van der Waals surface area contributed by atoms with Crippen molar-refractivity contribution in [3.63, 3.8) is 0 Å². The Morgan fingerprint density at radius 3 is 2.52 bits per heavy atom. The molecule has 242 valence electrons. The number of benzene rings is 4. The molecular weight excluding hydrogens is 611 g/mol. The zero-order valence-electron chi connectivity index (χ0n) is 25.8. The third-order valence-corrected chi connectivity index (χ3v) is 10.0. The summed E-state index contributed by atoms with van der Waals surface area (Å²) in [6.07, 6.45) is -0.768. The second-order valence-electron chi connectivity index (χ2n) is 11.6. The molecule has 12 heteroatoms. The molecule has 4 aromatic carbocycles. The zero-order chi connectivity index (χ0) is 33.0. The maximum Gasteiger partial charge on any atom is 0.323 e. The molecule has 0 unspecified atom stereocenters. The third-order valence-electron chi connectivity index (χ3n) is 8.17. The predicted octanol–water partition coefficient (Wildman–Crippen LogP) is 5.09. The summed E-state index contributed by atoms with van der Waals surface area (Å²) < 4.78 is 47.7. The van der Waals surface area contributed by atoms with Gasteiger partial charge in [-0.3, -0.25) is 4.79 Å². The highest BCUT2D eigenvalue weighted by molar-refractivity contribution is 7.89. The summed E-state index contributed by atoms with van der Waals surface area (Å²) in [4.78, 5) is 28.1. The van der Waals surface area contributed by atoms with Gasteiger partial charge in [-0.2, -0.15) is 4.31 Å². The summed E-state index contributed by atoms with van der Waals surface area (Å²) in [5, 5.41) is 17.5. The minimum atomic E-state index is -3.98. The number of likely N-dealkylation sites (N-methyl/N-ethyl adjacent to an activating group) is 1. The van der Waals surface area contributed by atoms with E-state index in [-0.39, 0.29) is 42.8 Å². The minimum Gasteiger partial charge on any atom is -0.488 e. The first-order chi connectivity index (χ1) is 22.0. The number of ether oxygens (including phenoxy) is 1. The van der Waals surface area contributed by atoms with E-state index in [4.69, 9.17) is 4.74 Å².